The van der Waals surface area contributed by atoms with Gasteiger partial charge in [0.05, 0.1) is 23.8 Å². The quantitative estimate of drug-likeness (QED) is 0.0863. The molecule has 5 heterocycles. The maximum absolute atomic E-state index is 13.2. The lowest BCUT2D eigenvalue weighted by Crippen LogP contribution is -2.71. The van der Waals surface area contributed by atoms with E-state index in [0.717, 1.165) is 11.3 Å². The first-order valence-electron chi connectivity index (χ1n) is 11.6. The van der Waals surface area contributed by atoms with Crippen molar-refractivity contribution in [2.45, 2.75) is 24.6 Å². The minimum atomic E-state index is -1.26. The fourth-order valence-electron chi connectivity index (χ4n) is 4.09. The van der Waals surface area contributed by atoms with Crippen molar-refractivity contribution in [1.82, 2.24) is 25.2 Å². The van der Waals surface area contributed by atoms with Crippen LogP contribution in [0.15, 0.2) is 58.9 Å². The molecule has 40 heavy (non-hydrogen) atoms. The first-order valence-corrected chi connectivity index (χ1v) is 13.5. The van der Waals surface area contributed by atoms with Crippen molar-refractivity contribution in [1.29, 1.82) is 0 Å². The van der Waals surface area contributed by atoms with Crippen molar-refractivity contribution < 1.29 is 33.7 Å². The third-order valence-electron chi connectivity index (χ3n) is 6.00. The largest absolute Gasteiger partial charge is 0.477 e. The molecule has 0 radical (unpaired) electrons. The van der Waals surface area contributed by atoms with Crippen molar-refractivity contribution in [3.8, 4) is 0 Å². The van der Waals surface area contributed by atoms with E-state index >= 15 is 0 Å². The van der Waals surface area contributed by atoms with E-state index in [0.29, 0.717) is 22.6 Å². The number of pyridine rings is 1. The van der Waals surface area contributed by atoms with Gasteiger partial charge in [0, 0.05) is 28.8 Å². The lowest BCUT2D eigenvalue weighted by atomic mass is 10.0. The number of aromatic amines is 1. The number of β-lactam (4-membered cyclic amide) rings is 1. The second kappa shape index (κ2) is 11.1. The molecule has 3 amide bonds. The number of hydrogen-bond donors (Lipinski definition) is 5. The van der Waals surface area contributed by atoms with Crippen LogP contribution >= 0.6 is 23.1 Å². The SMILES string of the molecule is NC(=O)c1cc[n+](CC2=C(C(=O)O)N3C(=O)[C@@H](NC(=O)C(=NOCc4cnc[nH]4)c4csc(N)n4)[C@H]3SC2)cc1. The molecule has 5 rings (SSSR count). The number of rotatable bonds is 10. The van der Waals surface area contributed by atoms with Crippen LogP contribution in [0.4, 0.5) is 5.13 Å². The number of anilines is 1. The Morgan fingerprint density at radius 2 is 2.10 bits per heavy atom. The van der Waals surface area contributed by atoms with Crippen LogP contribution in [0.25, 0.3) is 0 Å². The van der Waals surface area contributed by atoms with Crippen LogP contribution in [-0.4, -0.2) is 71.5 Å². The van der Waals surface area contributed by atoms with Gasteiger partial charge in [-0.3, -0.25) is 19.3 Å². The summed E-state index contributed by atoms with van der Waals surface area (Å²) in [5, 5.41) is 17.6. The van der Waals surface area contributed by atoms with E-state index in [9.17, 15) is 24.3 Å². The number of thioether (sulfide) groups is 1. The number of fused-ring (bicyclic) bond motifs is 1. The highest BCUT2D eigenvalue weighted by atomic mass is 32.2. The number of imidazole rings is 1. The first-order chi connectivity index (χ1) is 19.2. The zero-order valence-electron chi connectivity index (χ0n) is 20.5. The van der Waals surface area contributed by atoms with Crippen LogP contribution in [0.2, 0.25) is 0 Å². The van der Waals surface area contributed by atoms with E-state index in [-0.39, 0.29) is 35.4 Å². The molecule has 2 aliphatic rings. The number of aliphatic carboxylic acids is 1. The van der Waals surface area contributed by atoms with Gasteiger partial charge in [0.1, 0.15) is 22.8 Å². The number of carbonyl (C=O) groups is 4. The van der Waals surface area contributed by atoms with E-state index in [2.05, 4.69) is 25.4 Å². The fraction of sp³-hybridized carbons (Fsp3) is 0.217. The summed E-state index contributed by atoms with van der Waals surface area (Å²) in [5.41, 5.74) is 12.3. The maximum atomic E-state index is 13.2. The number of carbonyl (C=O) groups excluding carboxylic acids is 3. The molecule has 2 atom stereocenters. The fourth-order valence-corrected chi connectivity index (χ4v) is 5.98. The minimum Gasteiger partial charge on any atom is -0.477 e. The summed E-state index contributed by atoms with van der Waals surface area (Å²) >= 11 is 2.42. The normalized spacial score (nSPS) is 18.6. The molecule has 0 unspecified atom stereocenters. The van der Waals surface area contributed by atoms with Crippen molar-refractivity contribution >= 4 is 57.6 Å². The van der Waals surface area contributed by atoms with Crippen molar-refractivity contribution in [3.05, 3.63) is 70.7 Å². The summed E-state index contributed by atoms with van der Waals surface area (Å²) in [6.07, 6.45) is 6.21. The molecule has 3 aromatic heterocycles. The molecule has 0 spiro atoms. The first kappa shape index (κ1) is 26.8. The molecule has 1 fully saturated rings. The lowest BCUT2D eigenvalue weighted by Gasteiger charge is -2.49. The van der Waals surface area contributed by atoms with Crippen LogP contribution in [0, 0.1) is 0 Å². The molecule has 0 aliphatic carbocycles. The third kappa shape index (κ3) is 5.36. The number of nitrogens with one attached hydrogen (secondary N) is 2. The minimum absolute atomic E-state index is 0.00379. The summed E-state index contributed by atoms with van der Waals surface area (Å²) < 4.78 is 1.68. The number of oxime groups is 1. The second-order valence-corrected chi connectivity index (χ2v) is 10.6. The Balaban J connectivity index is 1.32. The van der Waals surface area contributed by atoms with Gasteiger partial charge in [0.15, 0.2) is 36.4 Å². The van der Waals surface area contributed by atoms with Crippen LogP contribution in [0.3, 0.4) is 0 Å². The predicted molar refractivity (Wildman–Crippen MR) is 141 cm³/mol. The van der Waals surface area contributed by atoms with Crippen molar-refractivity contribution in [2.24, 2.45) is 10.9 Å². The Hall–Kier alpha value is -4.77. The second-order valence-electron chi connectivity index (χ2n) is 8.60. The van der Waals surface area contributed by atoms with Gasteiger partial charge in [-0.15, -0.1) is 23.1 Å². The van der Waals surface area contributed by atoms with Gasteiger partial charge in [-0.25, -0.2) is 19.3 Å². The number of hydrogen-bond acceptors (Lipinski definition) is 11. The van der Waals surface area contributed by atoms with Crippen molar-refractivity contribution in [2.75, 3.05) is 11.5 Å². The maximum Gasteiger partial charge on any atom is 0.352 e. The number of aromatic nitrogens is 4. The Bertz CT molecular complexity index is 1530. The zero-order chi connectivity index (χ0) is 28.4. The summed E-state index contributed by atoms with van der Waals surface area (Å²) in [5.74, 6) is -2.86. The number of carboxylic acids is 1. The molecule has 7 N–H and O–H groups in total. The molecule has 0 aromatic carbocycles. The number of amides is 3. The van der Waals surface area contributed by atoms with Gasteiger partial charge in [0.2, 0.25) is 5.91 Å². The van der Waals surface area contributed by atoms with Gasteiger partial charge in [-0.1, -0.05) is 5.16 Å². The van der Waals surface area contributed by atoms with Gasteiger partial charge in [-0.05, 0) is 0 Å². The highest BCUT2D eigenvalue weighted by molar-refractivity contribution is 8.00. The number of H-pyrrole nitrogens is 1. The number of primary amides is 1. The molecular formula is C23H22N9O6S2+. The number of nitrogens with two attached hydrogens (primary N) is 2. The highest BCUT2D eigenvalue weighted by Crippen LogP contribution is 2.40. The van der Waals surface area contributed by atoms with E-state index in [1.807, 2.05) is 0 Å². The summed E-state index contributed by atoms with van der Waals surface area (Å²) in [4.78, 5) is 67.1. The number of nitrogen functional groups attached to an aromatic ring is 1. The Kier molecular flexibility index (Phi) is 7.47. The average molecular weight is 585 g/mol. The van der Waals surface area contributed by atoms with E-state index in [1.165, 1.54) is 46.7 Å². The standard InChI is InChI=1S/C23H21N9O6S2/c24-18(33)11-1-3-31(4-2-11)6-12-8-39-21-16(20(35)32(21)17(12)22(36)37)29-19(34)15(14-9-40-23(25)28-14)30-38-7-13-5-26-10-27-13/h1-5,9-10,16,21H,6-8H2,(H6-,24,25,26,27,28,29,33,34,36,37)/p+1/t16-,21-/m1/s1. The lowest BCUT2D eigenvalue weighted by molar-refractivity contribution is -0.689. The monoisotopic (exact) mass is 584 g/mol. The van der Waals surface area contributed by atoms with Crippen molar-refractivity contribution in [3.63, 3.8) is 0 Å². The molecule has 17 heteroatoms. The zero-order valence-corrected chi connectivity index (χ0v) is 22.1. The Morgan fingerprint density at radius 1 is 1.32 bits per heavy atom. The van der Waals surface area contributed by atoms with E-state index < -0.39 is 35.1 Å². The third-order valence-corrected chi connectivity index (χ3v) is 8.01. The molecular weight excluding hydrogens is 562 g/mol. The average Bonchev–Trinajstić information content (AvgIpc) is 3.61. The summed E-state index contributed by atoms with van der Waals surface area (Å²) in [7, 11) is 0. The smallest absolute Gasteiger partial charge is 0.352 e. The Morgan fingerprint density at radius 3 is 2.73 bits per heavy atom. The molecule has 2 aliphatic heterocycles. The highest BCUT2D eigenvalue weighted by Gasteiger charge is 2.54. The predicted octanol–water partition coefficient (Wildman–Crippen LogP) is -0.805. The van der Waals surface area contributed by atoms with Crippen LogP contribution in [0.5, 0.6) is 0 Å². The topological polar surface area (TPSA) is 223 Å². The van der Waals surface area contributed by atoms with Gasteiger partial charge < -0.3 is 31.7 Å². The van der Waals surface area contributed by atoms with Crippen LogP contribution in [0.1, 0.15) is 21.7 Å². The molecule has 0 saturated carbocycles. The summed E-state index contributed by atoms with van der Waals surface area (Å²) in [6.45, 7) is 0.181. The van der Waals surface area contributed by atoms with Gasteiger partial charge in [0.25, 0.3) is 11.8 Å². The summed E-state index contributed by atoms with van der Waals surface area (Å²) in [6, 6.07) is 2.05. The van der Waals surface area contributed by atoms with E-state index in [4.69, 9.17) is 16.3 Å². The number of thiazole rings is 1. The molecule has 0 bridgehead atoms. The number of nitrogens with zero attached hydrogens (tertiary/aromatic N) is 5. The Labute approximate surface area is 233 Å². The van der Waals surface area contributed by atoms with E-state index in [1.54, 1.807) is 17.0 Å². The molecule has 15 nitrogen and oxygen atoms in total. The van der Waals surface area contributed by atoms with Crippen LogP contribution < -0.4 is 21.4 Å². The molecule has 1 saturated heterocycles. The number of carboxylic acid groups (broad SMARTS) is 1. The molecule has 3 aromatic rings. The van der Waals surface area contributed by atoms with Gasteiger partial charge >= 0.3 is 5.97 Å². The van der Waals surface area contributed by atoms with Gasteiger partial charge in [-0.2, -0.15) is 0 Å². The molecule has 206 valence electrons. The van der Waals surface area contributed by atoms with Crippen LogP contribution in [-0.2, 0) is 32.4 Å².